The molecule has 0 bridgehead atoms. The summed E-state index contributed by atoms with van der Waals surface area (Å²) in [6.45, 7) is 4.62. The van der Waals surface area contributed by atoms with Crippen molar-refractivity contribution in [3.05, 3.63) is 21.0 Å². The topological polar surface area (TPSA) is 51.5 Å². The van der Waals surface area contributed by atoms with E-state index in [9.17, 15) is 4.79 Å². The molecule has 0 aliphatic heterocycles. The van der Waals surface area contributed by atoms with Gasteiger partial charge in [0.15, 0.2) is 4.67 Å². The zero-order valence-corrected chi connectivity index (χ0v) is 13.8. The van der Waals surface area contributed by atoms with Crippen molar-refractivity contribution < 1.29 is 13.9 Å². The summed E-state index contributed by atoms with van der Waals surface area (Å²) < 4.78 is 11.7. The first kappa shape index (κ1) is 15.7. The molecule has 1 atom stereocenters. The molecule has 0 aliphatic rings. The van der Waals surface area contributed by atoms with E-state index in [1.165, 1.54) is 7.11 Å². The predicted octanol–water partition coefficient (Wildman–Crippen LogP) is 3.48. The second-order valence-electron chi connectivity index (χ2n) is 4.42. The highest BCUT2D eigenvalue weighted by atomic mass is 79.9. The Hall–Kier alpha value is -0.330. The van der Waals surface area contributed by atoms with Gasteiger partial charge in [-0.25, -0.2) is 0 Å². The summed E-state index contributed by atoms with van der Waals surface area (Å²) in [7, 11) is 1.40. The Kier molecular flexibility index (Phi) is 6.38. The molecule has 1 unspecified atom stereocenters. The molecule has 6 heteroatoms. The smallest absolute Gasteiger partial charge is 0.322 e. The van der Waals surface area contributed by atoms with E-state index < -0.39 is 0 Å². The van der Waals surface area contributed by atoms with E-state index in [0.29, 0.717) is 17.1 Å². The van der Waals surface area contributed by atoms with E-state index >= 15 is 0 Å². The summed E-state index contributed by atoms with van der Waals surface area (Å²) in [5.74, 6) is 0.927. The Morgan fingerprint density at radius 3 is 2.61 bits per heavy atom. The number of esters is 1. The van der Waals surface area contributed by atoms with Crippen LogP contribution in [0.25, 0.3) is 0 Å². The first-order valence-corrected chi connectivity index (χ1v) is 7.27. The molecular weight excluding hydrogens is 366 g/mol. The lowest BCUT2D eigenvalue weighted by molar-refractivity contribution is -0.143. The first-order valence-electron chi connectivity index (χ1n) is 5.69. The van der Waals surface area contributed by atoms with Crippen molar-refractivity contribution in [3.8, 4) is 0 Å². The molecule has 4 nitrogen and oxygen atoms in total. The Labute approximate surface area is 124 Å². The minimum Gasteiger partial charge on any atom is -0.468 e. The van der Waals surface area contributed by atoms with E-state index in [4.69, 9.17) is 9.15 Å². The van der Waals surface area contributed by atoms with Crippen molar-refractivity contribution >= 4 is 37.8 Å². The molecule has 1 aromatic rings. The molecule has 0 saturated heterocycles. The average molecular weight is 383 g/mol. The number of carbonyl (C=O) groups is 1. The molecule has 0 radical (unpaired) electrons. The number of carbonyl (C=O) groups excluding carboxylic acids is 1. The van der Waals surface area contributed by atoms with Gasteiger partial charge < -0.3 is 9.15 Å². The maximum Gasteiger partial charge on any atom is 0.322 e. The van der Waals surface area contributed by atoms with Crippen molar-refractivity contribution in [1.82, 2.24) is 5.32 Å². The van der Waals surface area contributed by atoms with E-state index in [2.05, 4.69) is 51.0 Å². The van der Waals surface area contributed by atoms with Gasteiger partial charge in [0.2, 0.25) is 0 Å². The van der Waals surface area contributed by atoms with Gasteiger partial charge in [-0.05, 0) is 50.3 Å². The van der Waals surface area contributed by atoms with Gasteiger partial charge >= 0.3 is 5.97 Å². The molecule has 18 heavy (non-hydrogen) atoms. The molecule has 1 N–H and O–H groups in total. The van der Waals surface area contributed by atoms with Crippen molar-refractivity contribution in [3.63, 3.8) is 0 Å². The quantitative estimate of drug-likeness (QED) is 0.765. The number of furan rings is 1. The van der Waals surface area contributed by atoms with Crippen LogP contribution in [0.15, 0.2) is 19.6 Å². The summed E-state index contributed by atoms with van der Waals surface area (Å²) in [5.41, 5.74) is 0. The van der Waals surface area contributed by atoms with Crippen LogP contribution in [0, 0.1) is 5.92 Å². The van der Waals surface area contributed by atoms with E-state index in [-0.39, 0.29) is 12.0 Å². The summed E-state index contributed by atoms with van der Waals surface area (Å²) in [6.07, 6.45) is 0.732. The molecule has 1 aromatic heterocycles. The number of methoxy groups -OCH3 is 1. The second-order valence-corrected chi connectivity index (χ2v) is 6.00. The van der Waals surface area contributed by atoms with Crippen LogP contribution < -0.4 is 5.32 Å². The van der Waals surface area contributed by atoms with Crippen LogP contribution in [0.2, 0.25) is 0 Å². The maximum absolute atomic E-state index is 11.6. The van der Waals surface area contributed by atoms with Crippen molar-refractivity contribution in [2.24, 2.45) is 5.92 Å². The van der Waals surface area contributed by atoms with Crippen LogP contribution >= 0.6 is 31.9 Å². The third-order valence-corrected chi connectivity index (χ3v) is 4.12. The third-order valence-electron chi connectivity index (χ3n) is 2.41. The van der Waals surface area contributed by atoms with Gasteiger partial charge in [-0.2, -0.15) is 0 Å². The van der Waals surface area contributed by atoms with Crippen molar-refractivity contribution in [1.29, 1.82) is 0 Å². The van der Waals surface area contributed by atoms with Gasteiger partial charge in [-0.3, -0.25) is 10.1 Å². The molecule has 0 amide bonds. The highest BCUT2D eigenvalue weighted by Crippen LogP contribution is 2.26. The number of halogens is 2. The number of nitrogens with one attached hydrogen (secondary N) is 1. The molecular formula is C12H17Br2NO3. The van der Waals surface area contributed by atoms with E-state index in [1.54, 1.807) is 0 Å². The number of hydrogen-bond acceptors (Lipinski definition) is 4. The highest BCUT2D eigenvalue weighted by Gasteiger charge is 2.20. The first-order chi connectivity index (χ1) is 8.43. The fraction of sp³-hybridized carbons (Fsp3) is 0.583. The molecule has 0 saturated carbocycles. The van der Waals surface area contributed by atoms with Crippen LogP contribution in [-0.2, 0) is 16.1 Å². The Morgan fingerprint density at radius 2 is 2.17 bits per heavy atom. The Bertz CT molecular complexity index is 385. The standard InChI is InChI=1S/C12H17Br2NO3/c1-7(2)4-10(12(16)17-3)15-6-8-5-9(13)11(14)18-8/h5,7,10,15H,4,6H2,1-3H3. The summed E-state index contributed by atoms with van der Waals surface area (Å²) in [4.78, 5) is 11.6. The Morgan fingerprint density at radius 1 is 1.50 bits per heavy atom. The molecule has 1 heterocycles. The SMILES string of the molecule is COC(=O)C(CC(C)C)NCc1cc(Br)c(Br)o1. The van der Waals surface area contributed by atoms with Gasteiger partial charge in [-0.15, -0.1) is 0 Å². The lowest BCUT2D eigenvalue weighted by Gasteiger charge is -2.17. The van der Waals surface area contributed by atoms with E-state index in [0.717, 1.165) is 16.7 Å². The molecule has 0 spiro atoms. The maximum atomic E-state index is 11.6. The average Bonchev–Trinajstić information content (AvgIpc) is 2.62. The van der Waals surface area contributed by atoms with Crippen LogP contribution in [0.1, 0.15) is 26.0 Å². The zero-order chi connectivity index (χ0) is 13.7. The molecule has 102 valence electrons. The number of hydrogen-bond donors (Lipinski definition) is 1. The number of ether oxygens (including phenoxy) is 1. The minimum atomic E-state index is -0.308. The fourth-order valence-corrected chi connectivity index (χ4v) is 2.24. The highest BCUT2D eigenvalue weighted by molar-refractivity contribution is 9.13. The minimum absolute atomic E-state index is 0.242. The summed E-state index contributed by atoms with van der Waals surface area (Å²) >= 11 is 6.62. The van der Waals surface area contributed by atoms with Crippen molar-refractivity contribution in [2.75, 3.05) is 7.11 Å². The summed E-state index contributed by atoms with van der Waals surface area (Å²) in [5, 5.41) is 3.15. The van der Waals surface area contributed by atoms with Crippen LogP contribution in [-0.4, -0.2) is 19.1 Å². The van der Waals surface area contributed by atoms with Gasteiger partial charge in [0.1, 0.15) is 11.8 Å². The van der Waals surface area contributed by atoms with E-state index in [1.807, 2.05) is 6.07 Å². The Balaban J connectivity index is 2.58. The van der Waals surface area contributed by atoms with Crippen LogP contribution in [0.5, 0.6) is 0 Å². The monoisotopic (exact) mass is 381 g/mol. The van der Waals surface area contributed by atoms with Gasteiger partial charge in [0.25, 0.3) is 0 Å². The van der Waals surface area contributed by atoms with Crippen LogP contribution in [0.4, 0.5) is 0 Å². The normalized spacial score (nSPS) is 12.8. The summed E-state index contributed by atoms with van der Waals surface area (Å²) in [6, 6.07) is 1.55. The lowest BCUT2D eigenvalue weighted by Crippen LogP contribution is -2.38. The van der Waals surface area contributed by atoms with Crippen molar-refractivity contribution in [2.45, 2.75) is 32.9 Å². The lowest BCUT2D eigenvalue weighted by atomic mass is 10.0. The van der Waals surface area contributed by atoms with Crippen LogP contribution in [0.3, 0.4) is 0 Å². The fourth-order valence-electron chi connectivity index (χ4n) is 1.58. The third kappa shape index (κ3) is 4.74. The molecule has 0 aliphatic carbocycles. The number of rotatable bonds is 6. The predicted molar refractivity (Wildman–Crippen MR) is 76.2 cm³/mol. The molecule has 1 rings (SSSR count). The molecule has 0 aromatic carbocycles. The zero-order valence-electron chi connectivity index (χ0n) is 10.6. The van der Waals surface area contributed by atoms with Gasteiger partial charge in [0, 0.05) is 0 Å². The second kappa shape index (κ2) is 7.31. The largest absolute Gasteiger partial charge is 0.468 e. The van der Waals surface area contributed by atoms with Gasteiger partial charge in [0.05, 0.1) is 18.1 Å². The van der Waals surface area contributed by atoms with Gasteiger partial charge in [-0.1, -0.05) is 13.8 Å². The molecule has 0 fully saturated rings.